The van der Waals surface area contributed by atoms with Crippen LogP contribution in [-0.4, -0.2) is 28.5 Å². The standard InChI is InChI=1S/C10H16ClN3S/c1-7(6-15-3)5-12-10-4-9(11)13-8(2)14-10/h4,7H,5-6H2,1-3H3,(H,12,13,14). The molecule has 0 saturated heterocycles. The zero-order valence-electron chi connectivity index (χ0n) is 9.25. The Morgan fingerprint density at radius 3 is 2.87 bits per heavy atom. The van der Waals surface area contributed by atoms with Crippen molar-refractivity contribution in [3.05, 3.63) is 17.0 Å². The van der Waals surface area contributed by atoms with E-state index >= 15 is 0 Å². The normalized spacial score (nSPS) is 12.5. The van der Waals surface area contributed by atoms with Crippen LogP contribution in [0.2, 0.25) is 5.15 Å². The molecule has 0 aliphatic rings. The molecule has 15 heavy (non-hydrogen) atoms. The van der Waals surface area contributed by atoms with Crippen molar-refractivity contribution in [1.29, 1.82) is 0 Å². The van der Waals surface area contributed by atoms with Gasteiger partial charge in [0.1, 0.15) is 16.8 Å². The van der Waals surface area contributed by atoms with E-state index in [4.69, 9.17) is 11.6 Å². The summed E-state index contributed by atoms with van der Waals surface area (Å²) >= 11 is 7.68. The van der Waals surface area contributed by atoms with Crippen molar-refractivity contribution in [2.45, 2.75) is 13.8 Å². The molecule has 0 aliphatic carbocycles. The van der Waals surface area contributed by atoms with E-state index in [-0.39, 0.29) is 0 Å². The van der Waals surface area contributed by atoms with Gasteiger partial charge in [-0.2, -0.15) is 11.8 Å². The SMILES string of the molecule is CSCC(C)CNc1cc(Cl)nc(C)n1. The summed E-state index contributed by atoms with van der Waals surface area (Å²) in [4.78, 5) is 8.26. The number of hydrogen-bond donors (Lipinski definition) is 1. The van der Waals surface area contributed by atoms with Gasteiger partial charge >= 0.3 is 0 Å². The molecule has 3 nitrogen and oxygen atoms in total. The summed E-state index contributed by atoms with van der Waals surface area (Å²) < 4.78 is 0. The number of aromatic nitrogens is 2. The Labute approximate surface area is 100 Å². The van der Waals surface area contributed by atoms with Crippen molar-refractivity contribution in [1.82, 2.24) is 9.97 Å². The Morgan fingerprint density at radius 2 is 2.27 bits per heavy atom. The van der Waals surface area contributed by atoms with Crippen molar-refractivity contribution < 1.29 is 0 Å². The average molecular weight is 246 g/mol. The Balaban J connectivity index is 2.50. The van der Waals surface area contributed by atoms with Gasteiger partial charge in [-0.15, -0.1) is 0 Å². The zero-order chi connectivity index (χ0) is 11.3. The first-order valence-corrected chi connectivity index (χ1v) is 6.63. The van der Waals surface area contributed by atoms with E-state index in [2.05, 4.69) is 28.5 Å². The van der Waals surface area contributed by atoms with Crippen molar-refractivity contribution in [2.75, 3.05) is 23.9 Å². The number of hydrogen-bond acceptors (Lipinski definition) is 4. The smallest absolute Gasteiger partial charge is 0.134 e. The molecule has 84 valence electrons. The molecule has 1 aromatic rings. The molecule has 0 saturated carbocycles. The molecule has 0 aliphatic heterocycles. The zero-order valence-corrected chi connectivity index (χ0v) is 10.8. The van der Waals surface area contributed by atoms with Crippen LogP contribution in [0.5, 0.6) is 0 Å². The van der Waals surface area contributed by atoms with Crippen molar-refractivity contribution in [3.63, 3.8) is 0 Å². The molecule has 0 amide bonds. The quantitative estimate of drug-likeness (QED) is 0.810. The molecule has 1 heterocycles. The molecule has 1 aromatic heterocycles. The van der Waals surface area contributed by atoms with E-state index in [0.29, 0.717) is 16.9 Å². The molecular weight excluding hydrogens is 230 g/mol. The van der Waals surface area contributed by atoms with Crippen LogP contribution in [-0.2, 0) is 0 Å². The summed E-state index contributed by atoms with van der Waals surface area (Å²) in [6.45, 7) is 4.95. The third kappa shape index (κ3) is 4.71. The number of aryl methyl sites for hydroxylation is 1. The van der Waals surface area contributed by atoms with Crippen LogP contribution in [0.15, 0.2) is 6.07 Å². The topological polar surface area (TPSA) is 37.8 Å². The van der Waals surface area contributed by atoms with Gasteiger partial charge in [0.05, 0.1) is 0 Å². The first kappa shape index (κ1) is 12.6. The van der Waals surface area contributed by atoms with Gasteiger partial charge < -0.3 is 5.32 Å². The van der Waals surface area contributed by atoms with Crippen LogP contribution in [0.1, 0.15) is 12.7 Å². The molecule has 0 spiro atoms. The largest absolute Gasteiger partial charge is 0.370 e. The number of anilines is 1. The van der Waals surface area contributed by atoms with Gasteiger partial charge in [-0.25, -0.2) is 9.97 Å². The summed E-state index contributed by atoms with van der Waals surface area (Å²) in [6.07, 6.45) is 2.11. The molecule has 0 bridgehead atoms. The summed E-state index contributed by atoms with van der Waals surface area (Å²) in [5, 5.41) is 3.75. The minimum absolute atomic E-state index is 0.488. The summed E-state index contributed by atoms with van der Waals surface area (Å²) in [7, 11) is 0. The second-order valence-electron chi connectivity index (χ2n) is 3.56. The van der Waals surface area contributed by atoms with Crippen LogP contribution in [0.25, 0.3) is 0 Å². The molecular formula is C10H16ClN3S. The molecule has 5 heteroatoms. The first-order valence-electron chi connectivity index (χ1n) is 4.86. The van der Waals surface area contributed by atoms with Crippen LogP contribution in [0, 0.1) is 12.8 Å². The van der Waals surface area contributed by atoms with Crippen LogP contribution in [0.4, 0.5) is 5.82 Å². The van der Waals surface area contributed by atoms with Gasteiger partial charge in [-0.05, 0) is 24.9 Å². The highest BCUT2D eigenvalue weighted by molar-refractivity contribution is 7.98. The monoisotopic (exact) mass is 245 g/mol. The Bertz CT molecular complexity index is 299. The van der Waals surface area contributed by atoms with Gasteiger partial charge in [0.15, 0.2) is 0 Å². The van der Waals surface area contributed by atoms with Crippen LogP contribution < -0.4 is 5.32 Å². The lowest BCUT2D eigenvalue weighted by atomic mass is 10.2. The lowest BCUT2D eigenvalue weighted by Gasteiger charge is -2.11. The molecule has 1 N–H and O–H groups in total. The van der Waals surface area contributed by atoms with Gasteiger partial charge in [0.25, 0.3) is 0 Å². The van der Waals surface area contributed by atoms with E-state index in [9.17, 15) is 0 Å². The summed E-state index contributed by atoms with van der Waals surface area (Å²) in [5.41, 5.74) is 0. The highest BCUT2D eigenvalue weighted by Crippen LogP contribution is 2.12. The lowest BCUT2D eigenvalue weighted by molar-refractivity contribution is 0.699. The molecule has 1 unspecified atom stereocenters. The summed E-state index contributed by atoms with van der Waals surface area (Å²) in [6, 6.07) is 1.75. The Kier molecular flexibility index (Phi) is 5.19. The molecule has 0 aromatic carbocycles. The number of thioether (sulfide) groups is 1. The lowest BCUT2D eigenvalue weighted by Crippen LogP contribution is -2.14. The fraction of sp³-hybridized carbons (Fsp3) is 0.600. The maximum Gasteiger partial charge on any atom is 0.134 e. The fourth-order valence-corrected chi connectivity index (χ4v) is 2.16. The highest BCUT2D eigenvalue weighted by Gasteiger charge is 2.03. The van der Waals surface area contributed by atoms with Crippen molar-refractivity contribution in [2.24, 2.45) is 5.92 Å². The van der Waals surface area contributed by atoms with Gasteiger partial charge in [0.2, 0.25) is 0 Å². The van der Waals surface area contributed by atoms with Crippen LogP contribution in [0.3, 0.4) is 0 Å². The maximum absolute atomic E-state index is 5.83. The number of rotatable bonds is 5. The predicted octanol–water partition coefficient (Wildman–Crippen LogP) is 2.85. The maximum atomic E-state index is 5.83. The van der Waals surface area contributed by atoms with E-state index in [0.717, 1.165) is 18.1 Å². The average Bonchev–Trinajstić information content (AvgIpc) is 2.14. The van der Waals surface area contributed by atoms with Crippen molar-refractivity contribution >= 4 is 29.2 Å². The molecule has 0 fully saturated rings. The summed E-state index contributed by atoms with van der Waals surface area (Å²) in [5.74, 6) is 3.27. The van der Waals surface area contributed by atoms with E-state index in [1.54, 1.807) is 6.07 Å². The number of nitrogens with one attached hydrogen (secondary N) is 1. The Morgan fingerprint density at radius 1 is 1.53 bits per heavy atom. The third-order valence-electron chi connectivity index (χ3n) is 1.89. The van der Waals surface area contributed by atoms with Gasteiger partial charge in [0, 0.05) is 12.6 Å². The van der Waals surface area contributed by atoms with Gasteiger partial charge in [-0.3, -0.25) is 0 Å². The van der Waals surface area contributed by atoms with Gasteiger partial charge in [-0.1, -0.05) is 18.5 Å². The predicted molar refractivity (Wildman–Crippen MR) is 67.8 cm³/mol. The molecule has 1 atom stereocenters. The van der Waals surface area contributed by atoms with E-state index < -0.39 is 0 Å². The van der Waals surface area contributed by atoms with Crippen molar-refractivity contribution in [3.8, 4) is 0 Å². The molecule has 0 radical (unpaired) electrons. The fourth-order valence-electron chi connectivity index (χ4n) is 1.24. The van der Waals surface area contributed by atoms with Crippen LogP contribution >= 0.6 is 23.4 Å². The number of halogens is 1. The van der Waals surface area contributed by atoms with E-state index in [1.807, 2.05) is 18.7 Å². The highest BCUT2D eigenvalue weighted by atomic mass is 35.5. The van der Waals surface area contributed by atoms with E-state index in [1.165, 1.54) is 0 Å². The second kappa shape index (κ2) is 6.18. The molecule has 1 rings (SSSR count). The minimum Gasteiger partial charge on any atom is -0.370 e. The first-order chi connectivity index (χ1) is 7.11. The Hall–Kier alpha value is -0.480. The minimum atomic E-state index is 0.488. The third-order valence-corrected chi connectivity index (χ3v) is 2.99. The second-order valence-corrected chi connectivity index (χ2v) is 4.86. The number of nitrogens with zero attached hydrogens (tertiary/aromatic N) is 2.